The summed E-state index contributed by atoms with van der Waals surface area (Å²) >= 11 is 6.93. The molecule has 0 radical (unpaired) electrons. The van der Waals surface area contributed by atoms with Crippen LogP contribution in [0, 0.1) is 0 Å². The van der Waals surface area contributed by atoms with Crippen LogP contribution in [0.5, 0.6) is 5.75 Å². The minimum atomic E-state index is -0.302. The molecule has 1 unspecified atom stereocenters. The second-order valence-corrected chi connectivity index (χ2v) is 7.70. The van der Waals surface area contributed by atoms with Gasteiger partial charge in [0.1, 0.15) is 5.75 Å². The Labute approximate surface area is 168 Å². The maximum absolute atomic E-state index is 12.7. The first-order valence-electron chi connectivity index (χ1n) is 8.73. The van der Waals surface area contributed by atoms with Crippen molar-refractivity contribution in [3.05, 3.63) is 69.6 Å². The highest BCUT2D eigenvalue weighted by Crippen LogP contribution is 2.35. The van der Waals surface area contributed by atoms with Crippen molar-refractivity contribution in [3.63, 3.8) is 0 Å². The lowest BCUT2D eigenvalue weighted by molar-refractivity contribution is -0.123. The SMILES string of the molecule is CCC(C)Oc1ccccc1/C=C1\SC(=O)N(Cc2cccc(Cl)c2)C1=O. The Hall–Kier alpha value is -2.24. The fraction of sp³-hybridized carbons (Fsp3) is 0.238. The van der Waals surface area contributed by atoms with Crippen molar-refractivity contribution >= 4 is 40.6 Å². The molecule has 1 aliphatic rings. The molecule has 3 rings (SSSR count). The lowest BCUT2D eigenvalue weighted by Gasteiger charge is -2.15. The smallest absolute Gasteiger partial charge is 0.293 e. The van der Waals surface area contributed by atoms with E-state index < -0.39 is 0 Å². The molecule has 1 aliphatic heterocycles. The van der Waals surface area contributed by atoms with Crippen LogP contribution in [0.3, 0.4) is 0 Å². The van der Waals surface area contributed by atoms with E-state index >= 15 is 0 Å². The molecule has 1 heterocycles. The fourth-order valence-electron chi connectivity index (χ4n) is 2.60. The summed E-state index contributed by atoms with van der Waals surface area (Å²) < 4.78 is 5.92. The first-order chi connectivity index (χ1) is 13.0. The lowest BCUT2D eigenvalue weighted by Crippen LogP contribution is -2.27. The zero-order valence-electron chi connectivity index (χ0n) is 15.1. The molecule has 0 bridgehead atoms. The van der Waals surface area contributed by atoms with Crippen LogP contribution >= 0.6 is 23.4 Å². The molecule has 0 aromatic heterocycles. The molecular formula is C21H20ClNO3S. The summed E-state index contributed by atoms with van der Waals surface area (Å²) in [5.74, 6) is 0.400. The van der Waals surface area contributed by atoms with Crippen LogP contribution in [0.1, 0.15) is 31.4 Å². The van der Waals surface area contributed by atoms with E-state index in [0.717, 1.165) is 29.3 Å². The van der Waals surface area contributed by atoms with Gasteiger partial charge in [-0.2, -0.15) is 0 Å². The molecule has 1 atom stereocenters. The van der Waals surface area contributed by atoms with E-state index in [9.17, 15) is 9.59 Å². The van der Waals surface area contributed by atoms with Gasteiger partial charge in [0.05, 0.1) is 17.6 Å². The van der Waals surface area contributed by atoms with Crippen LogP contribution < -0.4 is 4.74 Å². The summed E-state index contributed by atoms with van der Waals surface area (Å²) in [6, 6.07) is 14.7. The van der Waals surface area contributed by atoms with Gasteiger partial charge >= 0.3 is 0 Å². The van der Waals surface area contributed by atoms with Crippen LogP contribution in [-0.4, -0.2) is 22.2 Å². The van der Waals surface area contributed by atoms with Gasteiger partial charge in [0.15, 0.2) is 0 Å². The van der Waals surface area contributed by atoms with Gasteiger partial charge in [-0.25, -0.2) is 0 Å². The number of benzene rings is 2. The number of carbonyl (C=O) groups is 2. The number of thioether (sulfide) groups is 1. The molecule has 0 saturated carbocycles. The van der Waals surface area contributed by atoms with E-state index in [-0.39, 0.29) is 23.8 Å². The predicted octanol–water partition coefficient (Wildman–Crippen LogP) is 5.75. The maximum atomic E-state index is 12.7. The Morgan fingerprint density at radius 3 is 2.70 bits per heavy atom. The minimum absolute atomic E-state index is 0.0671. The second kappa shape index (κ2) is 8.63. The van der Waals surface area contributed by atoms with Crippen LogP contribution in [0.2, 0.25) is 5.02 Å². The molecule has 2 aromatic rings. The summed E-state index contributed by atoms with van der Waals surface area (Å²) in [7, 11) is 0. The summed E-state index contributed by atoms with van der Waals surface area (Å²) in [5.41, 5.74) is 1.60. The highest BCUT2D eigenvalue weighted by Gasteiger charge is 2.35. The van der Waals surface area contributed by atoms with Crippen molar-refractivity contribution in [2.24, 2.45) is 0 Å². The van der Waals surface area contributed by atoms with Gasteiger partial charge in [0, 0.05) is 10.6 Å². The van der Waals surface area contributed by atoms with Crippen molar-refractivity contribution in [1.82, 2.24) is 4.90 Å². The van der Waals surface area contributed by atoms with Gasteiger partial charge in [-0.3, -0.25) is 14.5 Å². The van der Waals surface area contributed by atoms with E-state index in [4.69, 9.17) is 16.3 Å². The molecule has 0 N–H and O–H groups in total. The standard InChI is InChI=1S/C21H20ClNO3S/c1-3-14(2)26-18-10-5-4-8-16(18)12-19-20(24)23(21(25)27-19)13-15-7-6-9-17(22)11-15/h4-12,14H,3,13H2,1-2H3/b19-12-. The number of rotatable bonds is 6. The molecule has 140 valence electrons. The Kier molecular flexibility index (Phi) is 6.24. The van der Waals surface area contributed by atoms with Gasteiger partial charge in [-0.1, -0.05) is 48.9 Å². The second-order valence-electron chi connectivity index (χ2n) is 6.27. The van der Waals surface area contributed by atoms with Crippen molar-refractivity contribution in [2.75, 3.05) is 0 Å². The Morgan fingerprint density at radius 1 is 1.19 bits per heavy atom. The molecule has 2 amide bonds. The van der Waals surface area contributed by atoms with Crippen LogP contribution in [-0.2, 0) is 11.3 Å². The quantitative estimate of drug-likeness (QED) is 0.578. The van der Waals surface area contributed by atoms with Gasteiger partial charge in [-0.05, 0) is 54.9 Å². The highest BCUT2D eigenvalue weighted by atomic mass is 35.5. The molecule has 1 saturated heterocycles. The number of nitrogens with zero attached hydrogens (tertiary/aromatic N) is 1. The van der Waals surface area contributed by atoms with Crippen molar-refractivity contribution in [3.8, 4) is 5.75 Å². The number of amides is 2. The van der Waals surface area contributed by atoms with E-state index in [1.807, 2.05) is 37.3 Å². The van der Waals surface area contributed by atoms with Crippen LogP contribution in [0.4, 0.5) is 4.79 Å². The number of halogens is 1. The zero-order valence-corrected chi connectivity index (χ0v) is 16.7. The Balaban J connectivity index is 1.82. The molecule has 1 fully saturated rings. The lowest BCUT2D eigenvalue weighted by atomic mass is 10.1. The monoisotopic (exact) mass is 401 g/mol. The van der Waals surface area contributed by atoms with E-state index in [0.29, 0.717) is 15.7 Å². The molecule has 0 aliphatic carbocycles. The molecule has 27 heavy (non-hydrogen) atoms. The van der Waals surface area contributed by atoms with Crippen molar-refractivity contribution in [2.45, 2.75) is 32.9 Å². The molecule has 0 spiro atoms. The average molecular weight is 402 g/mol. The summed E-state index contributed by atoms with van der Waals surface area (Å²) in [4.78, 5) is 26.7. The molecule has 2 aromatic carbocycles. The highest BCUT2D eigenvalue weighted by molar-refractivity contribution is 8.18. The third-order valence-electron chi connectivity index (χ3n) is 4.21. The zero-order chi connectivity index (χ0) is 19.4. The summed E-state index contributed by atoms with van der Waals surface area (Å²) in [5, 5.41) is 0.290. The van der Waals surface area contributed by atoms with E-state index in [1.165, 1.54) is 4.90 Å². The topological polar surface area (TPSA) is 46.6 Å². The van der Waals surface area contributed by atoms with Crippen molar-refractivity contribution in [1.29, 1.82) is 0 Å². The normalized spacial score (nSPS) is 16.9. The van der Waals surface area contributed by atoms with Gasteiger partial charge in [-0.15, -0.1) is 0 Å². The number of hydrogen-bond acceptors (Lipinski definition) is 4. The third-order valence-corrected chi connectivity index (χ3v) is 5.35. The minimum Gasteiger partial charge on any atom is -0.490 e. The largest absolute Gasteiger partial charge is 0.490 e. The van der Waals surface area contributed by atoms with Crippen LogP contribution in [0.15, 0.2) is 53.4 Å². The first-order valence-corrected chi connectivity index (χ1v) is 9.93. The van der Waals surface area contributed by atoms with Crippen LogP contribution in [0.25, 0.3) is 6.08 Å². The number of carbonyl (C=O) groups excluding carboxylic acids is 2. The maximum Gasteiger partial charge on any atom is 0.293 e. The predicted molar refractivity (Wildman–Crippen MR) is 110 cm³/mol. The Bertz CT molecular complexity index is 897. The van der Waals surface area contributed by atoms with Gasteiger partial charge in [0.2, 0.25) is 0 Å². The molecule has 4 nitrogen and oxygen atoms in total. The van der Waals surface area contributed by atoms with Gasteiger partial charge < -0.3 is 4.74 Å². The number of para-hydroxylation sites is 1. The number of ether oxygens (including phenoxy) is 1. The first kappa shape index (κ1) is 19.5. The average Bonchev–Trinajstić information content (AvgIpc) is 2.91. The van der Waals surface area contributed by atoms with Crippen molar-refractivity contribution < 1.29 is 14.3 Å². The van der Waals surface area contributed by atoms with E-state index in [1.54, 1.807) is 24.3 Å². The third kappa shape index (κ3) is 4.73. The van der Waals surface area contributed by atoms with E-state index in [2.05, 4.69) is 6.92 Å². The number of imide groups is 1. The summed E-state index contributed by atoms with van der Waals surface area (Å²) in [6.07, 6.45) is 2.67. The molecule has 6 heteroatoms. The Morgan fingerprint density at radius 2 is 1.96 bits per heavy atom. The fourth-order valence-corrected chi connectivity index (χ4v) is 3.64. The van der Waals surface area contributed by atoms with Gasteiger partial charge in [0.25, 0.3) is 11.1 Å². The molecular weight excluding hydrogens is 382 g/mol. The summed E-state index contributed by atoms with van der Waals surface area (Å²) in [6.45, 7) is 4.25. The number of hydrogen-bond donors (Lipinski definition) is 0.